The first-order valence-corrected chi connectivity index (χ1v) is 12.5. The van der Waals surface area contributed by atoms with Crippen molar-refractivity contribution in [1.29, 1.82) is 0 Å². The molecule has 1 heterocycles. The molecule has 7 heteroatoms. The van der Waals surface area contributed by atoms with E-state index in [0.29, 0.717) is 18.4 Å². The average molecular weight is 467 g/mol. The van der Waals surface area contributed by atoms with Crippen molar-refractivity contribution in [3.05, 3.63) is 23.7 Å². The molecule has 0 fully saturated rings. The zero-order chi connectivity index (χ0) is 24.5. The Morgan fingerprint density at radius 3 is 2.12 bits per heavy atom. The van der Waals surface area contributed by atoms with Gasteiger partial charge in [0.1, 0.15) is 0 Å². The molecule has 1 rings (SSSR count). The maximum absolute atomic E-state index is 13.1. The maximum atomic E-state index is 13.1. The summed E-state index contributed by atoms with van der Waals surface area (Å²) in [5.41, 5.74) is -0.942. The lowest BCUT2D eigenvalue weighted by molar-refractivity contribution is -0.173. The van der Waals surface area contributed by atoms with Crippen LogP contribution in [-0.2, 0) is 33.3 Å². The fourth-order valence-electron chi connectivity index (χ4n) is 4.01. The zero-order valence-electron chi connectivity index (χ0n) is 20.9. The molecule has 0 aromatic rings. The molecule has 1 atom stereocenters. The quantitative estimate of drug-likeness (QED) is 0.0815. The topological polar surface area (TPSA) is 88.1 Å². The summed E-state index contributed by atoms with van der Waals surface area (Å²) in [5.74, 6) is -1.88. The van der Waals surface area contributed by atoms with Crippen LogP contribution >= 0.6 is 0 Å². The first kappa shape index (κ1) is 28.7. The van der Waals surface area contributed by atoms with Crippen molar-refractivity contribution < 1.29 is 33.3 Å². The molecule has 0 aromatic carbocycles. The van der Waals surface area contributed by atoms with Crippen LogP contribution in [0.25, 0.3) is 0 Å². The van der Waals surface area contributed by atoms with Gasteiger partial charge in [-0.15, -0.1) is 0 Å². The SMILES string of the molecule is CCCCCCCCC1(C(=O)OCC)OC(=O)C(O/C=C/C(=O)OC)=C1CCCCCCC. The Kier molecular flexibility index (Phi) is 14.2. The number of hydrogen-bond acceptors (Lipinski definition) is 7. The molecule has 188 valence electrons. The largest absolute Gasteiger partial charge is 0.466 e. The average Bonchev–Trinajstić information content (AvgIpc) is 3.07. The number of cyclic esters (lactones) is 1. The van der Waals surface area contributed by atoms with Crippen molar-refractivity contribution in [2.75, 3.05) is 13.7 Å². The second-order valence-electron chi connectivity index (χ2n) is 8.37. The minimum absolute atomic E-state index is 0.0234. The number of methoxy groups -OCH3 is 1. The van der Waals surface area contributed by atoms with Crippen LogP contribution in [0.3, 0.4) is 0 Å². The summed E-state index contributed by atoms with van der Waals surface area (Å²) in [4.78, 5) is 37.3. The predicted octanol–water partition coefficient (Wildman–Crippen LogP) is 5.91. The normalized spacial score (nSPS) is 18.0. The molecule has 7 nitrogen and oxygen atoms in total. The first-order chi connectivity index (χ1) is 16.0. The number of carbonyl (C=O) groups excluding carboxylic acids is 3. The Morgan fingerprint density at radius 1 is 0.909 bits per heavy atom. The van der Waals surface area contributed by atoms with E-state index in [1.54, 1.807) is 6.92 Å². The molecule has 0 saturated heterocycles. The Balaban J connectivity index is 3.14. The highest BCUT2D eigenvalue weighted by Gasteiger charge is 2.54. The molecule has 0 aromatic heterocycles. The molecular weight excluding hydrogens is 424 g/mol. The number of hydrogen-bond donors (Lipinski definition) is 0. The second-order valence-corrected chi connectivity index (χ2v) is 8.37. The summed E-state index contributed by atoms with van der Waals surface area (Å²) < 4.78 is 21.2. The highest BCUT2D eigenvalue weighted by atomic mass is 16.6. The third kappa shape index (κ3) is 9.22. The van der Waals surface area contributed by atoms with Crippen molar-refractivity contribution in [3.8, 4) is 0 Å². The Morgan fingerprint density at radius 2 is 1.52 bits per heavy atom. The molecule has 0 bridgehead atoms. The number of unbranched alkanes of at least 4 members (excludes halogenated alkanes) is 9. The van der Waals surface area contributed by atoms with Crippen molar-refractivity contribution >= 4 is 17.9 Å². The van der Waals surface area contributed by atoms with Crippen LogP contribution in [0.2, 0.25) is 0 Å². The van der Waals surface area contributed by atoms with Gasteiger partial charge in [-0.05, 0) is 26.2 Å². The molecule has 0 N–H and O–H groups in total. The van der Waals surface area contributed by atoms with Crippen LogP contribution in [0.15, 0.2) is 23.7 Å². The lowest BCUT2D eigenvalue weighted by Gasteiger charge is -2.28. The van der Waals surface area contributed by atoms with E-state index in [1.165, 1.54) is 13.5 Å². The third-order valence-corrected chi connectivity index (χ3v) is 5.82. The van der Waals surface area contributed by atoms with E-state index in [-0.39, 0.29) is 12.4 Å². The summed E-state index contributed by atoms with van der Waals surface area (Å²) in [6.07, 6.45) is 14.4. The van der Waals surface area contributed by atoms with Gasteiger partial charge in [0, 0.05) is 12.0 Å². The van der Waals surface area contributed by atoms with E-state index < -0.39 is 23.5 Å². The van der Waals surface area contributed by atoms with E-state index in [0.717, 1.165) is 76.5 Å². The Labute approximate surface area is 198 Å². The number of ether oxygens (including phenoxy) is 4. The molecular formula is C26H42O7. The molecule has 1 aliphatic rings. The molecule has 0 radical (unpaired) electrons. The fraction of sp³-hybridized carbons (Fsp3) is 0.731. The van der Waals surface area contributed by atoms with Gasteiger partial charge in [-0.3, -0.25) is 0 Å². The summed E-state index contributed by atoms with van der Waals surface area (Å²) >= 11 is 0. The molecule has 33 heavy (non-hydrogen) atoms. The first-order valence-electron chi connectivity index (χ1n) is 12.5. The van der Waals surface area contributed by atoms with Crippen LogP contribution in [-0.4, -0.2) is 37.2 Å². The predicted molar refractivity (Wildman–Crippen MR) is 126 cm³/mol. The van der Waals surface area contributed by atoms with Gasteiger partial charge < -0.3 is 18.9 Å². The van der Waals surface area contributed by atoms with Gasteiger partial charge in [-0.2, -0.15) is 0 Å². The zero-order valence-corrected chi connectivity index (χ0v) is 20.9. The molecule has 0 amide bonds. The number of rotatable bonds is 18. The molecule has 1 aliphatic heterocycles. The third-order valence-electron chi connectivity index (χ3n) is 5.82. The van der Waals surface area contributed by atoms with Crippen molar-refractivity contribution in [1.82, 2.24) is 0 Å². The highest BCUT2D eigenvalue weighted by Crippen LogP contribution is 2.42. The van der Waals surface area contributed by atoms with E-state index in [2.05, 4.69) is 18.6 Å². The van der Waals surface area contributed by atoms with Crippen molar-refractivity contribution in [2.24, 2.45) is 0 Å². The standard InChI is InChI=1S/C26H42O7/c1-5-8-10-12-14-16-19-26(25(29)31-7-3)21(17-15-13-11-9-6-2)23(24(28)33-26)32-20-18-22(27)30-4/h18,20H,5-17,19H2,1-4H3/b20-18+. The van der Waals surface area contributed by atoms with Crippen LogP contribution in [0, 0.1) is 0 Å². The van der Waals surface area contributed by atoms with E-state index in [1.807, 2.05) is 0 Å². The number of esters is 3. The van der Waals surface area contributed by atoms with E-state index in [4.69, 9.17) is 14.2 Å². The van der Waals surface area contributed by atoms with Gasteiger partial charge in [0.15, 0.2) is 0 Å². The minimum Gasteiger partial charge on any atom is -0.466 e. The smallest absolute Gasteiger partial charge is 0.375 e. The lowest BCUT2D eigenvalue weighted by Crippen LogP contribution is -2.43. The summed E-state index contributed by atoms with van der Waals surface area (Å²) in [6.45, 7) is 6.24. The van der Waals surface area contributed by atoms with Gasteiger partial charge in [0.25, 0.3) is 0 Å². The van der Waals surface area contributed by atoms with Crippen molar-refractivity contribution in [2.45, 2.75) is 110 Å². The van der Waals surface area contributed by atoms with Crippen LogP contribution in [0.1, 0.15) is 104 Å². The van der Waals surface area contributed by atoms with Gasteiger partial charge >= 0.3 is 17.9 Å². The van der Waals surface area contributed by atoms with E-state index in [9.17, 15) is 14.4 Å². The lowest BCUT2D eigenvalue weighted by atomic mass is 9.85. The number of carbonyl (C=O) groups is 3. The van der Waals surface area contributed by atoms with Gasteiger partial charge in [-0.1, -0.05) is 71.6 Å². The highest BCUT2D eigenvalue weighted by molar-refractivity contribution is 5.99. The molecule has 0 aliphatic carbocycles. The molecule has 0 saturated carbocycles. The van der Waals surface area contributed by atoms with Crippen molar-refractivity contribution in [3.63, 3.8) is 0 Å². The van der Waals surface area contributed by atoms with Crippen LogP contribution < -0.4 is 0 Å². The summed E-state index contributed by atoms with van der Waals surface area (Å²) in [6, 6.07) is 0. The van der Waals surface area contributed by atoms with Gasteiger partial charge in [0.2, 0.25) is 11.4 Å². The molecule has 0 spiro atoms. The Hall–Kier alpha value is -2.31. The second kappa shape index (κ2) is 16.3. The van der Waals surface area contributed by atoms with Crippen LogP contribution in [0.4, 0.5) is 0 Å². The van der Waals surface area contributed by atoms with Gasteiger partial charge in [-0.25, -0.2) is 14.4 Å². The monoisotopic (exact) mass is 466 g/mol. The summed E-state index contributed by atoms with van der Waals surface area (Å²) in [5, 5.41) is 0. The maximum Gasteiger partial charge on any atom is 0.375 e. The van der Waals surface area contributed by atoms with E-state index >= 15 is 0 Å². The van der Waals surface area contributed by atoms with Gasteiger partial charge in [0.05, 0.1) is 26.1 Å². The molecule has 1 unspecified atom stereocenters. The van der Waals surface area contributed by atoms with Crippen LogP contribution in [0.5, 0.6) is 0 Å². The fourth-order valence-corrected chi connectivity index (χ4v) is 4.01. The Bertz CT molecular complexity index is 680. The minimum atomic E-state index is -1.46. The summed E-state index contributed by atoms with van der Waals surface area (Å²) in [7, 11) is 1.25.